The zero-order chi connectivity index (χ0) is 23.7. The van der Waals surface area contributed by atoms with Crippen molar-refractivity contribution in [2.75, 3.05) is 6.54 Å². The van der Waals surface area contributed by atoms with Crippen LogP contribution in [-0.2, 0) is 17.8 Å². The fraction of sp³-hybridized carbons (Fsp3) is 0.241. The number of carbonyl (C=O) groups excluding carboxylic acids is 1. The summed E-state index contributed by atoms with van der Waals surface area (Å²) in [5.41, 5.74) is 4.01. The standard InChI is InChI=1S/C29H29N3OS/c1-29(2,3)27(33)31(18-21-9-5-4-6-10-21)16-15-25-20-34-28-30-26(19-32(25)28)24-14-13-22-11-7-8-12-23(22)17-24/h4-14,17,19-20H,15-16,18H2,1-3H3. The number of fused-ring (bicyclic) bond motifs is 2. The van der Waals surface area contributed by atoms with E-state index in [1.807, 2.05) is 43.9 Å². The summed E-state index contributed by atoms with van der Waals surface area (Å²) < 4.78 is 2.18. The third-order valence-corrected chi connectivity index (χ3v) is 7.00. The van der Waals surface area contributed by atoms with Crippen molar-refractivity contribution in [2.45, 2.75) is 33.7 Å². The molecule has 1 amide bonds. The van der Waals surface area contributed by atoms with Crippen LogP contribution in [0.25, 0.3) is 27.0 Å². The van der Waals surface area contributed by atoms with E-state index in [0.717, 1.165) is 28.2 Å². The fourth-order valence-corrected chi connectivity index (χ4v) is 5.18. The minimum atomic E-state index is -0.420. The maximum atomic E-state index is 13.2. The van der Waals surface area contributed by atoms with Crippen LogP contribution in [0.4, 0.5) is 0 Å². The largest absolute Gasteiger partial charge is 0.338 e. The predicted octanol–water partition coefficient (Wildman–Crippen LogP) is 6.83. The second kappa shape index (κ2) is 9.07. The Hall–Kier alpha value is -3.44. The Bertz CT molecular complexity index is 1440. The van der Waals surface area contributed by atoms with Crippen LogP contribution in [0.2, 0.25) is 0 Å². The molecule has 172 valence electrons. The molecule has 0 aliphatic heterocycles. The maximum absolute atomic E-state index is 13.2. The zero-order valence-corrected chi connectivity index (χ0v) is 20.7. The lowest BCUT2D eigenvalue weighted by Gasteiger charge is -2.29. The van der Waals surface area contributed by atoms with E-state index in [1.165, 1.54) is 16.5 Å². The minimum absolute atomic E-state index is 0.172. The molecular weight excluding hydrogens is 438 g/mol. The van der Waals surface area contributed by atoms with E-state index in [-0.39, 0.29) is 5.91 Å². The molecule has 0 aliphatic carbocycles. The monoisotopic (exact) mass is 467 g/mol. The van der Waals surface area contributed by atoms with Gasteiger partial charge in [0.25, 0.3) is 0 Å². The highest BCUT2D eigenvalue weighted by molar-refractivity contribution is 7.15. The van der Waals surface area contributed by atoms with Crippen LogP contribution in [0.5, 0.6) is 0 Å². The van der Waals surface area contributed by atoms with Gasteiger partial charge in [-0.15, -0.1) is 11.3 Å². The molecule has 2 aromatic heterocycles. The summed E-state index contributed by atoms with van der Waals surface area (Å²) >= 11 is 1.65. The molecule has 0 N–H and O–H groups in total. The van der Waals surface area contributed by atoms with Crippen LogP contribution in [0.3, 0.4) is 0 Å². The van der Waals surface area contributed by atoms with E-state index in [2.05, 4.69) is 70.6 Å². The molecule has 0 aliphatic rings. The molecule has 5 aromatic rings. The summed E-state index contributed by atoms with van der Waals surface area (Å²) in [7, 11) is 0. The SMILES string of the molecule is CC(C)(C)C(=O)N(CCc1csc2nc(-c3ccc4ccccc4c3)cn12)Cc1ccccc1. The summed E-state index contributed by atoms with van der Waals surface area (Å²) in [6.07, 6.45) is 2.90. The third kappa shape index (κ3) is 4.62. The van der Waals surface area contributed by atoms with Gasteiger partial charge in [-0.2, -0.15) is 0 Å². The first-order valence-corrected chi connectivity index (χ1v) is 12.5. The van der Waals surface area contributed by atoms with E-state index in [9.17, 15) is 4.79 Å². The Morgan fingerprint density at radius 3 is 2.47 bits per heavy atom. The van der Waals surface area contributed by atoms with Crippen LogP contribution < -0.4 is 0 Å². The second-order valence-corrected chi connectivity index (χ2v) is 10.6. The van der Waals surface area contributed by atoms with Crippen LogP contribution in [0.15, 0.2) is 84.4 Å². The highest BCUT2D eigenvalue weighted by Gasteiger charge is 2.27. The van der Waals surface area contributed by atoms with Crippen molar-refractivity contribution in [1.29, 1.82) is 0 Å². The van der Waals surface area contributed by atoms with Crippen molar-refractivity contribution in [3.05, 3.63) is 95.6 Å². The number of thiazole rings is 1. The van der Waals surface area contributed by atoms with E-state index < -0.39 is 5.41 Å². The highest BCUT2D eigenvalue weighted by atomic mass is 32.1. The van der Waals surface area contributed by atoms with Gasteiger partial charge in [0, 0.05) is 47.8 Å². The van der Waals surface area contributed by atoms with E-state index in [1.54, 1.807) is 11.3 Å². The average molecular weight is 468 g/mol. The molecule has 4 nitrogen and oxygen atoms in total. The highest BCUT2D eigenvalue weighted by Crippen LogP contribution is 2.27. The molecule has 0 fully saturated rings. The van der Waals surface area contributed by atoms with Gasteiger partial charge in [-0.3, -0.25) is 9.20 Å². The maximum Gasteiger partial charge on any atom is 0.228 e. The molecule has 0 saturated carbocycles. The molecule has 2 heterocycles. The fourth-order valence-electron chi connectivity index (χ4n) is 4.28. The molecule has 0 unspecified atom stereocenters. The van der Waals surface area contributed by atoms with Gasteiger partial charge in [0.05, 0.1) is 5.69 Å². The number of imidazole rings is 1. The van der Waals surface area contributed by atoms with E-state index >= 15 is 0 Å². The summed E-state index contributed by atoms with van der Waals surface area (Å²) in [5, 5.41) is 4.61. The normalized spacial score (nSPS) is 11.9. The van der Waals surface area contributed by atoms with Crippen LogP contribution >= 0.6 is 11.3 Å². The molecule has 5 rings (SSSR count). The van der Waals surface area contributed by atoms with Crippen LogP contribution in [0.1, 0.15) is 32.0 Å². The summed E-state index contributed by atoms with van der Waals surface area (Å²) in [5.74, 6) is 0.172. The van der Waals surface area contributed by atoms with Gasteiger partial charge in [0.15, 0.2) is 4.96 Å². The number of amides is 1. The van der Waals surface area contributed by atoms with Gasteiger partial charge >= 0.3 is 0 Å². The van der Waals surface area contributed by atoms with Gasteiger partial charge in [-0.05, 0) is 22.4 Å². The van der Waals surface area contributed by atoms with Crippen molar-refractivity contribution < 1.29 is 4.79 Å². The summed E-state index contributed by atoms with van der Waals surface area (Å²) in [6, 6.07) is 25.1. The quantitative estimate of drug-likeness (QED) is 0.274. The topological polar surface area (TPSA) is 37.6 Å². The van der Waals surface area contributed by atoms with Crippen LogP contribution in [-0.4, -0.2) is 26.7 Å². The number of carbonyl (C=O) groups is 1. The van der Waals surface area contributed by atoms with Crippen molar-refractivity contribution in [2.24, 2.45) is 5.41 Å². The van der Waals surface area contributed by atoms with Gasteiger partial charge in [0.2, 0.25) is 5.91 Å². The molecule has 0 bridgehead atoms. The number of nitrogens with zero attached hydrogens (tertiary/aromatic N) is 3. The van der Waals surface area contributed by atoms with Gasteiger partial charge in [0.1, 0.15) is 0 Å². The van der Waals surface area contributed by atoms with Crippen molar-refractivity contribution >= 4 is 33.0 Å². The smallest absolute Gasteiger partial charge is 0.228 e. The molecule has 0 radical (unpaired) electrons. The Morgan fingerprint density at radius 1 is 0.971 bits per heavy atom. The molecule has 34 heavy (non-hydrogen) atoms. The molecule has 0 atom stereocenters. The number of rotatable bonds is 6. The Kier molecular flexibility index (Phi) is 5.96. The van der Waals surface area contributed by atoms with Gasteiger partial charge in [-0.1, -0.05) is 87.5 Å². The summed E-state index contributed by atoms with van der Waals surface area (Å²) in [6.45, 7) is 7.25. The van der Waals surface area contributed by atoms with Crippen molar-refractivity contribution in [1.82, 2.24) is 14.3 Å². The second-order valence-electron chi connectivity index (χ2n) is 9.78. The number of benzene rings is 3. The van der Waals surface area contributed by atoms with Gasteiger partial charge in [-0.25, -0.2) is 4.98 Å². The lowest BCUT2D eigenvalue weighted by atomic mass is 9.94. The third-order valence-electron chi connectivity index (χ3n) is 6.11. The van der Waals surface area contributed by atoms with E-state index in [4.69, 9.17) is 4.98 Å². The Balaban J connectivity index is 1.39. The molecule has 0 spiro atoms. The predicted molar refractivity (Wildman–Crippen MR) is 141 cm³/mol. The first-order valence-electron chi connectivity index (χ1n) is 11.7. The minimum Gasteiger partial charge on any atom is -0.338 e. The van der Waals surface area contributed by atoms with E-state index in [0.29, 0.717) is 13.1 Å². The Morgan fingerprint density at radius 2 is 1.71 bits per heavy atom. The lowest BCUT2D eigenvalue weighted by molar-refractivity contribution is -0.140. The van der Waals surface area contributed by atoms with Gasteiger partial charge < -0.3 is 4.90 Å². The first-order chi connectivity index (χ1) is 16.4. The summed E-state index contributed by atoms with van der Waals surface area (Å²) in [4.78, 5) is 21.0. The first kappa shape index (κ1) is 22.4. The number of hydrogen-bond donors (Lipinski definition) is 0. The molecule has 5 heteroatoms. The Labute approximate surface area is 204 Å². The average Bonchev–Trinajstić information content (AvgIpc) is 3.42. The molecule has 0 saturated heterocycles. The number of aromatic nitrogens is 2. The van der Waals surface area contributed by atoms with Crippen molar-refractivity contribution in [3.63, 3.8) is 0 Å². The van der Waals surface area contributed by atoms with Crippen molar-refractivity contribution in [3.8, 4) is 11.3 Å². The molecule has 3 aromatic carbocycles. The zero-order valence-electron chi connectivity index (χ0n) is 19.9. The lowest BCUT2D eigenvalue weighted by Crippen LogP contribution is -2.40. The molecular formula is C29H29N3OS. The number of hydrogen-bond acceptors (Lipinski definition) is 3. The van der Waals surface area contributed by atoms with Crippen LogP contribution in [0, 0.1) is 5.41 Å².